The van der Waals surface area contributed by atoms with Gasteiger partial charge >= 0.3 is 11.9 Å². The van der Waals surface area contributed by atoms with Crippen molar-refractivity contribution in [3.05, 3.63) is 75.6 Å². The van der Waals surface area contributed by atoms with Crippen molar-refractivity contribution >= 4 is 39.4 Å². The van der Waals surface area contributed by atoms with Crippen LogP contribution < -0.4 is 11.5 Å². The Labute approximate surface area is 195 Å². The van der Waals surface area contributed by atoms with Gasteiger partial charge < -0.3 is 31.6 Å². The number of aromatic nitrogens is 2. The number of nitrogens with one attached hydrogen (secondary N) is 2. The van der Waals surface area contributed by atoms with Gasteiger partial charge in [0.2, 0.25) is 0 Å². The van der Waals surface area contributed by atoms with Crippen LogP contribution in [0, 0.1) is 21.7 Å². The number of nitrogens with two attached hydrogens (primary N) is 2. The first kappa shape index (κ1) is 25.3. The number of hydrogen-bond donors (Lipinski definition) is 6. The van der Waals surface area contributed by atoms with Crippen molar-refractivity contribution in [1.29, 1.82) is 0 Å². The highest BCUT2D eigenvalue weighted by atomic mass is 19.1. The van der Waals surface area contributed by atoms with Crippen LogP contribution in [0.1, 0.15) is 11.1 Å². The molecule has 2 heterocycles. The number of rotatable bonds is 7. The van der Waals surface area contributed by atoms with Gasteiger partial charge in [0.25, 0.3) is 5.69 Å². The zero-order chi connectivity index (χ0) is 25.9. The van der Waals surface area contributed by atoms with Gasteiger partial charge in [0.1, 0.15) is 23.7 Å². The number of halogens is 2. The van der Waals surface area contributed by atoms with Crippen LogP contribution in [0.2, 0.25) is 0 Å². The van der Waals surface area contributed by atoms with Crippen molar-refractivity contribution in [2.75, 3.05) is 0 Å². The quantitative estimate of drug-likeness (QED) is 0.168. The van der Waals surface area contributed by atoms with Gasteiger partial charge in [-0.3, -0.25) is 19.7 Å². The predicted octanol–water partition coefficient (Wildman–Crippen LogP) is 2.43. The van der Waals surface area contributed by atoms with Crippen LogP contribution in [0.3, 0.4) is 0 Å². The molecule has 0 saturated carbocycles. The Morgan fingerprint density at radius 2 is 1.46 bits per heavy atom. The van der Waals surface area contributed by atoms with Crippen LogP contribution >= 0.6 is 0 Å². The molecular weight excluding hydrogens is 468 g/mol. The van der Waals surface area contributed by atoms with E-state index >= 15 is 0 Å². The zero-order valence-electron chi connectivity index (χ0n) is 18.0. The molecule has 0 bridgehead atoms. The maximum absolute atomic E-state index is 13.2. The van der Waals surface area contributed by atoms with E-state index in [0.717, 1.165) is 23.1 Å². The Morgan fingerprint density at radius 1 is 0.914 bits per heavy atom. The summed E-state index contributed by atoms with van der Waals surface area (Å²) in [5.74, 6) is -3.32. The molecule has 4 aromatic rings. The molecule has 11 nitrogen and oxygen atoms in total. The summed E-state index contributed by atoms with van der Waals surface area (Å²) in [7, 11) is 0. The fourth-order valence-electron chi connectivity index (χ4n) is 3.56. The Bertz CT molecular complexity index is 1420. The molecule has 0 saturated heterocycles. The van der Waals surface area contributed by atoms with Crippen LogP contribution in [0.4, 0.5) is 14.5 Å². The summed E-state index contributed by atoms with van der Waals surface area (Å²) < 4.78 is 26.1. The SMILES string of the molecule is NC(Cc1c[nH]c2cc(F)cc([N+](=O)[O-])c12)C(=O)O.NC(Cc1c[nH]c2cc(F)ccc12)C(=O)O. The number of carbonyl (C=O) groups is 2. The van der Waals surface area contributed by atoms with Crippen molar-refractivity contribution in [3.63, 3.8) is 0 Å². The second-order valence-electron chi connectivity index (χ2n) is 7.72. The fraction of sp³-hybridized carbons (Fsp3) is 0.182. The van der Waals surface area contributed by atoms with E-state index in [-0.39, 0.29) is 29.6 Å². The number of aliphatic carboxylic acids is 2. The Balaban J connectivity index is 0.000000198. The van der Waals surface area contributed by atoms with Gasteiger partial charge in [0, 0.05) is 36.1 Å². The van der Waals surface area contributed by atoms with Gasteiger partial charge in [-0.1, -0.05) is 0 Å². The summed E-state index contributed by atoms with van der Waals surface area (Å²) in [4.78, 5) is 37.1. The minimum Gasteiger partial charge on any atom is -0.480 e. The molecule has 35 heavy (non-hydrogen) atoms. The molecule has 2 aromatic carbocycles. The van der Waals surface area contributed by atoms with Gasteiger partial charge in [-0.15, -0.1) is 0 Å². The van der Waals surface area contributed by atoms with Crippen LogP contribution in [0.25, 0.3) is 21.8 Å². The Morgan fingerprint density at radius 3 is 2.06 bits per heavy atom. The van der Waals surface area contributed by atoms with E-state index in [1.54, 1.807) is 12.3 Å². The second kappa shape index (κ2) is 10.3. The lowest BCUT2D eigenvalue weighted by atomic mass is 10.0. The molecule has 2 unspecified atom stereocenters. The molecule has 0 aliphatic heterocycles. The van der Waals surface area contributed by atoms with Crippen LogP contribution in [-0.4, -0.2) is 49.1 Å². The Kier molecular flexibility index (Phi) is 7.42. The maximum Gasteiger partial charge on any atom is 0.320 e. The van der Waals surface area contributed by atoms with Crippen LogP contribution in [0.15, 0.2) is 42.7 Å². The molecule has 8 N–H and O–H groups in total. The van der Waals surface area contributed by atoms with E-state index < -0.39 is 40.5 Å². The molecule has 0 aliphatic carbocycles. The van der Waals surface area contributed by atoms with E-state index in [2.05, 4.69) is 9.97 Å². The number of carboxylic acids is 2. The van der Waals surface area contributed by atoms with Crippen molar-refractivity contribution in [2.45, 2.75) is 24.9 Å². The average Bonchev–Trinajstić information content (AvgIpc) is 3.36. The molecule has 184 valence electrons. The lowest BCUT2D eigenvalue weighted by Crippen LogP contribution is -2.32. The van der Waals surface area contributed by atoms with E-state index in [9.17, 15) is 28.5 Å². The van der Waals surface area contributed by atoms with E-state index in [1.165, 1.54) is 18.3 Å². The summed E-state index contributed by atoms with van der Waals surface area (Å²) in [5, 5.41) is 29.3. The third-order valence-corrected chi connectivity index (χ3v) is 5.25. The Hall–Kier alpha value is -4.36. The number of hydrogen-bond acceptors (Lipinski definition) is 6. The predicted molar refractivity (Wildman–Crippen MR) is 122 cm³/mol. The third kappa shape index (κ3) is 5.77. The molecule has 0 aliphatic rings. The highest BCUT2D eigenvalue weighted by molar-refractivity contribution is 5.92. The molecule has 2 atom stereocenters. The summed E-state index contributed by atoms with van der Waals surface area (Å²) in [6, 6.07) is 4.11. The van der Waals surface area contributed by atoms with Gasteiger partial charge in [0.15, 0.2) is 0 Å². The maximum atomic E-state index is 13.2. The summed E-state index contributed by atoms with van der Waals surface area (Å²) in [6.45, 7) is 0. The number of nitro benzene ring substituents is 1. The number of nitro groups is 1. The van der Waals surface area contributed by atoms with Crippen LogP contribution in [-0.2, 0) is 22.4 Å². The number of fused-ring (bicyclic) bond motifs is 2. The first-order chi connectivity index (χ1) is 16.5. The lowest BCUT2D eigenvalue weighted by Gasteiger charge is -2.05. The number of carboxylic acid groups (broad SMARTS) is 2. The monoisotopic (exact) mass is 489 g/mol. The third-order valence-electron chi connectivity index (χ3n) is 5.25. The van der Waals surface area contributed by atoms with Gasteiger partial charge in [-0.2, -0.15) is 0 Å². The van der Waals surface area contributed by atoms with Crippen LogP contribution in [0.5, 0.6) is 0 Å². The molecule has 0 spiro atoms. The summed E-state index contributed by atoms with van der Waals surface area (Å²) in [5.41, 5.74) is 12.5. The number of benzene rings is 2. The number of aromatic amines is 2. The minimum atomic E-state index is -1.21. The topological polar surface area (TPSA) is 201 Å². The number of H-pyrrole nitrogens is 2. The van der Waals surface area contributed by atoms with Crippen molar-refractivity contribution in [1.82, 2.24) is 9.97 Å². The highest BCUT2D eigenvalue weighted by Crippen LogP contribution is 2.30. The normalized spacial score (nSPS) is 12.7. The smallest absolute Gasteiger partial charge is 0.320 e. The minimum absolute atomic E-state index is 0.0815. The van der Waals surface area contributed by atoms with E-state index in [4.69, 9.17) is 21.7 Å². The summed E-state index contributed by atoms with van der Waals surface area (Å²) >= 11 is 0. The molecular formula is C22H21F2N5O6. The van der Waals surface area contributed by atoms with Gasteiger partial charge in [-0.25, -0.2) is 8.78 Å². The molecule has 4 rings (SSSR count). The number of non-ortho nitro benzene ring substituents is 1. The summed E-state index contributed by atoms with van der Waals surface area (Å²) in [6.07, 6.45) is 3.20. The van der Waals surface area contributed by atoms with E-state index in [0.29, 0.717) is 11.1 Å². The standard InChI is InChI=1S/C11H10FN3O4.C11H11FN2O2/c12-6-2-8-10(9(3-6)15(18)19)5(4-14-8)1-7(13)11(16)17;12-7-1-2-8-6(3-9(13)11(15)16)5-14-10(8)4-7/h2-4,7,14H,1,13H2,(H,16,17);1-2,4-5,9,14H,3,13H2,(H,15,16). The molecule has 13 heteroatoms. The number of nitrogens with zero attached hydrogens (tertiary/aromatic N) is 1. The first-order valence-electron chi connectivity index (χ1n) is 10.1. The van der Waals surface area contributed by atoms with Crippen molar-refractivity contribution in [2.24, 2.45) is 11.5 Å². The molecule has 0 fully saturated rings. The van der Waals surface area contributed by atoms with Crippen molar-refractivity contribution in [3.8, 4) is 0 Å². The van der Waals surface area contributed by atoms with Crippen molar-refractivity contribution < 1.29 is 33.5 Å². The largest absolute Gasteiger partial charge is 0.480 e. The molecule has 2 aromatic heterocycles. The van der Waals surface area contributed by atoms with E-state index in [1.807, 2.05) is 0 Å². The lowest BCUT2D eigenvalue weighted by molar-refractivity contribution is -0.383. The first-order valence-corrected chi connectivity index (χ1v) is 10.1. The second-order valence-corrected chi connectivity index (χ2v) is 7.72. The van der Waals surface area contributed by atoms with Gasteiger partial charge in [-0.05, 0) is 35.4 Å². The highest BCUT2D eigenvalue weighted by Gasteiger charge is 2.22. The fourth-order valence-corrected chi connectivity index (χ4v) is 3.56. The molecule has 0 radical (unpaired) electrons. The zero-order valence-corrected chi connectivity index (χ0v) is 18.0. The molecule has 0 amide bonds. The van der Waals surface area contributed by atoms with Gasteiger partial charge in [0.05, 0.1) is 21.9 Å². The average molecular weight is 489 g/mol.